The first kappa shape index (κ1) is 14.5. The van der Waals surface area contributed by atoms with Crippen LogP contribution < -0.4 is 4.74 Å². The molecule has 0 bridgehead atoms. The fourth-order valence-corrected chi connectivity index (χ4v) is 2.80. The molecule has 0 aliphatic heterocycles. The Bertz CT molecular complexity index is 1000. The number of hydrogen-bond acceptors (Lipinski definition) is 4. The third-order valence-electron chi connectivity index (χ3n) is 3.94. The molecule has 0 saturated heterocycles. The summed E-state index contributed by atoms with van der Waals surface area (Å²) in [6.45, 7) is 2.57. The molecule has 5 heteroatoms. The molecule has 3 heterocycles. The molecular weight excluding hydrogens is 302 g/mol. The Morgan fingerprint density at radius 1 is 1.12 bits per heavy atom. The average Bonchev–Trinajstić information content (AvgIpc) is 3.19. The summed E-state index contributed by atoms with van der Waals surface area (Å²) in [5.41, 5.74) is 2.80. The van der Waals surface area contributed by atoms with E-state index in [1.165, 1.54) is 0 Å². The van der Waals surface area contributed by atoms with Crippen molar-refractivity contribution in [3.63, 3.8) is 0 Å². The Morgan fingerprint density at radius 2 is 2.04 bits per heavy atom. The molecular formula is C19H17N3O2. The zero-order valence-corrected chi connectivity index (χ0v) is 13.6. The molecule has 4 rings (SSSR count). The second-order valence-corrected chi connectivity index (χ2v) is 5.63. The number of nitrogens with zero attached hydrogens (tertiary/aromatic N) is 3. The molecule has 0 saturated carbocycles. The summed E-state index contributed by atoms with van der Waals surface area (Å²) in [5, 5.41) is 0. The van der Waals surface area contributed by atoms with Gasteiger partial charge in [-0.3, -0.25) is 0 Å². The lowest BCUT2D eigenvalue weighted by Gasteiger charge is -2.09. The van der Waals surface area contributed by atoms with Crippen LogP contribution in [0.4, 0.5) is 0 Å². The average molecular weight is 319 g/mol. The van der Waals surface area contributed by atoms with E-state index in [4.69, 9.17) is 14.1 Å². The molecule has 5 nitrogen and oxygen atoms in total. The van der Waals surface area contributed by atoms with Crippen LogP contribution in [0.25, 0.3) is 22.7 Å². The number of rotatable bonds is 4. The summed E-state index contributed by atoms with van der Waals surface area (Å²) in [5.74, 6) is 3.21. The summed E-state index contributed by atoms with van der Waals surface area (Å²) >= 11 is 0. The molecule has 0 atom stereocenters. The lowest BCUT2D eigenvalue weighted by Crippen LogP contribution is -2.03. The van der Waals surface area contributed by atoms with E-state index in [9.17, 15) is 0 Å². The minimum atomic E-state index is 0.639. The molecule has 0 spiro atoms. The van der Waals surface area contributed by atoms with Crippen LogP contribution in [0.3, 0.4) is 0 Å². The van der Waals surface area contributed by atoms with Gasteiger partial charge in [-0.2, -0.15) is 0 Å². The van der Waals surface area contributed by atoms with E-state index in [1.807, 2.05) is 49.4 Å². The number of benzene rings is 1. The lowest BCUT2D eigenvalue weighted by molar-refractivity contribution is 0.414. The van der Waals surface area contributed by atoms with Crippen molar-refractivity contribution in [2.24, 2.45) is 0 Å². The highest BCUT2D eigenvalue weighted by atomic mass is 16.5. The van der Waals surface area contributed by atoms with Crippen molar-refractivity contribution in [1.82, 2.24) is 14.5 Å². The zero-order chi connectivity index (χ0) is 16.5. The van der Waals surface area contributed by atoms with Crippen LogP contribution >= 0.6 is 0 Å². The maximum Gasteiger partial charge on any atom is 0.178 e. The van der Waals surface area contributed by atoms with Crippen LogP contribution in [0.1, 0.15) is 11.3 Å². The molecule has 0 unspecified atom stereocenters. The maximum atomic E-state index is 5.79. The second kappa shape index (κ2) is 5.85. The van der Waals surface area contributed by atoms with Gasteiger partial charge in [0.05, 0.1) is 13.7 Å². The molecule has 1 aromatic carbocycles. The van der Waals surface area contributed by atoms with Crippen molar-refractivity contribution in [2.75, 3.05) is 7.11 Å². The highest BCUT2D eigenvalue weighted by Crippen LogP contribution is 2.26. The van der Waals surface area contributed by atoms with Crippen molar-refractivity contribution >= 4 is 11.2 Å². The number of aryl methyl sites for hydroxylation is 1. The van der Waals surface area contributed by atoms with Crippen molar-refractivity contribution in [3.05, 3.63) is 66.1 Å². The molecule has 0 fully saturated rings. The molecule has 0 aliphatic carbocycles. The van der Waals surface area contributed by atoms with Crippen LogP contribution in [-0.4, -0.2) is 21.6 Å². The number of pyridine rings is 1. The van der Waals surface area contributed by atoms with Crippen LogP contribution in [0.5, 0.6) is 5.75 Å². The van der Waals surface area contributed by atoms with Gasteiger partial charge in [0, 0.05) is 6.20 Å². The van der Waals surface area contributed by atoms with Gasteiger partial charge < -0.3 is 13.7 Å². The zero-order valence-electron chi connectivity index (χ0n) is 13.6. The van der Waals surface area contributed by atoms with E-state index in [1.54, 1.807) is 13.3 Å². The van der Waals surface area contributed by atoms with Gasteiger partial charge in [0.2, 0.25) is 0 Å². The molecule has 0 amide bonds. The van der Waals surface area contributed by atoms with Crippen LogP contribution in [0, 0.1) is 6.92 Å². The summed E-state index contributed by atoms with van der Waals surface area (Å²) < 4.78 is 13.2. The van der Waals surface area contributed by atoms with Gasteiger partial charge in [-0.05, 0) is 48.9 Å². The minimum Gasteiger partial charge on any atom is -0.497 e. The van der Waals surface area contributed by atoms with Gasteiger partial charge in [-0.15, -0.1) is 0 Å². The van der Waals surface area contributed by atoms with Crippen molar-refractivity contribution in [3.8, 4) is 17.3 Å². The minimum absolute atomic E-state index is 0.639. The van der Waals surface area contributed by atoms with Crippen molar-refractivity contribution < 1.29 is 9.15 Å². The number of aromatic nitrogens is 3. The predicted octanol–water partition coefficient (Wildman–Crippen LogP) is 4.06. The van der Waals surface area contributed by atoms with Crippen LogP contribution in [0.2, 0.25) is 0 Å². The molecule has 0 aliphatic rings. The van der Waals surface area contributed by atoms with Gasteiger partial charge in [0.25, 0.3) is 0 Å². The Labute approximate surface area is 139 Å². The van der Waals surface area contributed by atoms with E-state index in [0.29, 0.717) is 6.54 Å². The van der Waals surface area contributed by atoms with E-state index in [2.05, 4.69) is 15.6 Å². The first-order valence-corrected chi connectivity index (χ1v) is 7.75. The standard InChI is InChI=1S/C19H17N3O2/c1-13-8-9-17(24-13)19-21-16-7-4-10-20-18(16)22(19)12-14-5-3-6-15(11-14)23-2/h3-11H,12H2,1-2H3. The van der Waals surface area contributed by atoms with Crippen LogP contribution in [0.15, 0.2) is 59.1 Å². The first-order valence-electron chi connectivity index (χ1n) is 7.75. The fourth-order valence-electron chi connectivity index (χ4n) is 2.80. The number of methoxy groups -OCH3 is 1. The highest BCUT2D eigenvalue weighted by Gasteiger charge is 2.16. The summed E-state index contributed by atoms with van der Waals surface area (Å²) in [6, 6.07) is 15.7. The number of ether oxygens (including phenoxy) is 1. The van der Waals surface area contributed by atoms with Crippen molar-refractivity contribution in [1.29, 1.82) is 0 Å². The molecule has 4 aromatic rings. The molecule has 3 aromatic heterocycles. The Morgan fingerprint density at radius 3 is 2.83 bits per heavy atom. The molecule has 0 N–H and O–H groups in total. The Kier molecular flexibility index (Phi) is 3.54. The number of fused-ring (bicyclic) bond motifs is 1. The summed E-state index contributed by atoms with van der Waals surface area (Å²) in [7, 11) is 1.67. The Hall–Kier alpha value is -3.08. The van der Waals surface area contributed by atoms with Crippen molar-refractivity contribution in [2.45, 2.75) is 13.5 Å². The van der Waals surface area contributed by atoms with Gasteiger partial charge in [-0.25, -0.2) is 9.97 Å². The largest absolute Gasteiger partial charge is 0.497 e. The topological polar surface area (TPSA) is 53.1 Å². The molecule has 0 radical (unpaired) electrons. The van der Waals surface area contributed by atoms with E-state index in [0.717, 1.165) is 39.8 Å². The highest BCUT2D eigenvalue weighted by molar-refractivity contribution is 5.76. The number of hydrogen-bond donors (Lipinski definition) is 0. The maximum absolute atomic E-state index is 5.79. The third-order valence-corrected chi connectivity index (χ3v) is 3.94. The first-order chi connectivity index (χ1) is 11.7. The van der Waals surface area contributed by atoms with E-state index >= 15 is 0 Å². The third kappa shape index (κ3) is 2.54. The van der Waals surface area contributed by atoms with E-state index in [-0.39, 0.29) is 0 Å². The van der Waals surface area contributed by atoms with Gasteiger partial charge in [-0.1, -0.05) is 12.1 Å². The van der Waals surface area contributed by atoms with Gasteiger partial charge >= 0.3 is 0 Å². The van der Waals surface area contributed by atoms with Gasteiger partial charge in [0.1, 0.15) is 17.0 Å². The van der Waals surface area contributed by atoms with Gasteiger partial charge in [0.15, 0.2) is 17.2 Å². The molecule has 24 heavy (non-hydrogen) atoms. The summed E-state index contributed by atoms with van der Waals surface area (Å²) in [6.07, 6.45) is 1.78. The SMILES string of the molecule is COc1cccc(Cn2c(-c3ccc(C)o3)nc3cccnc32)c1. The van der Waals surface area contributed by atoms with E-state index < -0.39 is 0 Å². The summed E-state index contributed by atoms with van der Waals surface area (Å²) in [4.78, 5) is 9.21. The lowest BCUT2D eigenvalue weighted by atomic mass is 10.2. The fraction of sp³-hybridized carbons (Fsp3) is 0.158. The quantitative estimate of drug-likeness (QED) is 0.569. The Balaban J connectivity index is 1.86. The predicted molar refractivity (Wildman–Crippen MR) is 92.1 cm³/mol. The van der Waals surface area contributed by atoms with Crippen LogP contribution in [-0.2, 0) is 6.54 Å². The number of furan rings is 1. The second-order valence-electron chi connectivity index (χ2n) is 5.63. The number of imidazole rings is 1. The monoisotopic (exact) mass is 319 g/mol. The molecule has 120 valence electrons. The smallest absolute Gasteiger partial charge is 0.178 e. The normalized spacial score (nSPS) is 11.1.